The minimum absolute atomic E-state index is 0.0768. The van der Waals surface area contributed by atoms with E-state index in [1.807, 2.05) is 36.9 Å². The summed E-state index contributed by atoms with van der Waals surface area (Å²) in [6, 6.07) is 14.4. The van der Waals surface area contributed by atoms with E-state index < -0.39 is 0 Å². The van der Waals surface area contributed by atoms with Crippen molar-refractivity contribution >= 4 is 23.4 Å². The van der Waals surface area contributed by atoms with Crippen LogP contribution in [0.4, 0.5) is 5.69 Å². The zero-order valence-corrected chi connectivity index (χ0v) is 16.4. The molecule has 0 aliphatic carbocycles. The Labute approximate surface area is 162 Å². The smallest absolute Gasteiger partial charge is 0.237 e. The van der Waals surface area contributed by atoms with Gasteiger partial charge in [-0.3, -0.25) is 4.79 Å². The first-order valence-corrected chi connectivity index (χ1v) is 9.92. The Bertz CT molecular complexity index is 1000. The highest BCUT2D eigenvalue weighted by Gasteiger charge is 2.30. The average molecular weight is 379 g/mol. The third-order valence-corrected chi connectivity index (χ3v) is 5.74. The largest absolute Gasteiger partial charge is 0.308 e. The molecule has 0 spiro atoms. The van der Waals surface area contributed by atoms with E-state index in [4.69, 9.17) is 0 Å². The van der Waals surface area contributed by atoms with E-state index in [9.17, 15) is 4.79 Å². The number of rotatable bonds is 4. The quantitative estimate of drug-likeness (QED) is 0.651. The second-order valence-electron chi connectivity index (χ2n) is 6.90. The van der Waals surface area contributed by atoms with Gasteiger partial charge in [0.2, 0.25) is 11.1 Å². The van der Waals surface area contributed by atoms with Crippen LogP contribution in [0.15, 0.2) is 47.6 Å². The second kappa shape index (κ2) is 7.15. The van der Waals surface area contributed by atoms with Crippen LogP contribution in [0, 0.1) is 13.8 Å². The minimum atomic E-state index is 0.0768. The van der Waals surface area contributed by atoms with Gasteiger partial charge in [0.15, 0.2) is 0 Å². The average Bonchev–Trinajstić information content (AvgIpc) is 3.25. The number of fused-ring (bicyclic) bond motifs is 1. The van der Waals surface area contributed by atoms with Gasteiger partial charge in [0, 0.05) is 11.7 Å². The van der Waals surface area contributed by atoms with Gasteiger partial charge in [0.25, 0.3) is 0 Å². The Hall–Kier alpha value is -2.67. The Morgan fingerprint density at radius 2 is 2.00 bits per heavy atom. The molecule has 1 aliphatic rings. The summed E-state index contributed by atoms with van der Waals surface area (Å²) in [5.74, 6) is 0.372. The van der Waals surface area contributed by atoms with Crippen LogP contribution in [0.2, 0.25) is 0 Å². The standard InChI is InChI=1S/C20H21N5OS/c1-13-8-9-14(2)18(10-13)25-20(21-22-23-25)27-12-19(26)24-15(3)11-16-6-4-5-7-17(16)24/h4-10,15H,11-12H2,1-3H3/t15-/m1/s1. The fourth-order valence-electron chi connectivity index (χ4n) is 3.51. The molecule has 1 aromatic heterocycles. The minimum Gasteiger partial charge on any atom is -0.308 e. The summed E-state index contributed by atoms with van der Waals surface area (Å²) in [5.41, 5.74) is 5.41. The lowest BCUT2D eigenvalue weighted by Gasteiger charge is -2.22. The predicted octanol–water partition coefficient (Wildman–Crippen LogP) is 3.35. The monoisotopic (exact) mass is 379 g/mol. The van der Waals surface area contributed by atoms with Gasteiger partial charge in [-0.25, -0.2) is 0 Å². The van der Waals surface area contributed by atoms with Crippen LogP contribution in [0.5, 0.6) is 0 Å². The third-order valence-electron chi connectivity index (χ3n) is 4.83. The van der Waals surface area contributed by atoms with E-state index >= 15 is 0 Å². The SMILES string of the molecule is Cc1ccc(C)c(-n2nnnc2SCC(=O)N2c3ccccc3C[C@H]2C)c1. The Kier molecular flexibility index (Phi) is 4.70. The molecule has 0 fully saturated rings. The van der Waals surface area contributed by atoms with Crippen molar-refractivity contribution in [1.29, 1.82) is 0 Å². The van der Waals surface area contributed by atoms with E-state index in [1.54, 1.807) is 4.68 Å². The van der Waals surface area contributed by atoms with Crippen molar-refractivity contribution < 1.29 is 4.79 Å². The van der Waals surface area contributed by atoms with Gasteiger partial charge in [0.1, 0.15) is 0 Å². The van der Waals surface area contributed by atoms with Crippen molar-refractivity contribution in [1.82, 2.24) is 20.2 Å². The summed E-state index contributed by atoms with van der Waals surface area (Å²) in [7, 11) is 0. The molecule has 0 N–H and O–H groups in total. The summed E-state index contributed by atoms with van der Waals surface area (Å²) in [6.07, 6.45) is 0.896. The van der Waals surface area contributed by atoms with Gasteiger partial charge < -0.3 is 4.90 Å². The van der Waals surface area contributed by atoms with Crippen molar-refractivity contribution in [2.75, 3.05) is 10.7 Å². The van der Waals surface area contributed by atoms with Crippen molar-refractivity contribution in [3.05, 3.63) is 59.2 Å². The number of carbonyl (C=O) groups is 1. The zero-order valence-electron chi connectivity index (χ0n) is 15.6. The summed E-state index contributed by atoms with van der Waals surface area (Å²) in [5, 5.41) is 12.7. The lowest BCUT2D eigenvalue weighted by Crippen LogP contribution is -2.37. The van der Waals surface area contributed by atoms with Crippen molar-refractivity contribution in [3.8, 4) is 5.69 Å². The first-order chi connectivity index (χ1) is 13.0. The van der Waals surface area contributed by atoms with Gasteiger partial charge in [-0.15, -0.1) is 5.10 Å². The molecule has 0 unspecified atom stereocenters. The highest BCUT2D eigenvalue weighted by atomic mass is 32.2. The number of hydrogen-bond donors (Lipinski definition) is 0. The maximum absolute atomic E-state index is 12.9. The summed E-state index contributed by atoms with van der Waals surface area (Å²) < 4.78 is 1.71. The maximum atomic E-state index is 12.9. The Morgan fingerprint density at radius 1 is 1.19 bits per heavy atom. The molecule has 4 rings (SSSR count). The highest BCUT2D eigenvalue weighted by Crippen LogP contribution is 2.33. The number of hydrogen-bond acceptors (Lipinski definition) is 5. The van der Waals surface area contributed by atoms with Crippen LogP contribution in [-0.2, 0) is 11.2 Å². The van der Waals surface area contributed by atoms with E-state index in [2.05, 4.69) is 46.7 Å². The molecule has 6 nitrogen and oxygen atoms in total. The molecule has 138 valence electrons. The van der Waals surface area contributed by atoms with Gasteiger partial charge in [-0.05, 0) is 66.4 Å². The van der Waals surface area contributed by atoms with Crippen molar-refractivity contribution in [3.63, 3.8) is 0 Å². The maximum Gasteiger partial charge on any atom is 0.237 e. The number of amides is 1. The van der Waals surface area contributed by atoms with Crippen LogP contribution in [0.25, 0.3) is 5.69 Å². The van der Waals surface area contributed by atoms with Crippen LogP contribution in [0.1, 0.15) is 23.6 Å². The van der Waals surface area contributed by atoms with Gasteiger partial charge in [-0.1, -0.05) is 42.1 Å². The topological polar surface area (TPSA) is 63.9 Å². The van der Waals surface area contributed by atoms with Crippen LogP contribution in [0.3, 0.4) is 0 Å². The molecule has 1 amide bonds. The highest BCUT2D eigenvalue weighted by molar-refractivity contribution is 7.99. The fourth-order valence-corrected chi connectivity index (χ4v) is 4.25. The first-order valence-electron chi connectivity index (χ1n) is 8.93. The molecular formula is C20H21N5OS. The molecular weight excluding hydrogens is 358 g/mol. The number of anilines is 1. The number of aryl methyl sites for hydroxylation is 2. The van der Waals surface area contributed by atoms with Gasteiger partial charge in [-0.2, -0.15) is 4.68 Å². The number of para-hydroxylation sites is 1. The molecule has 2 heterocycles. The lowest BCUT2D eigenvalue weighted by molar-refractivity contribution is -0.116. The molecule has 7 heteroatoms. The summed E-state index contributed by atoms with van der Waals surface area (Å²) in [6.45, 7) is 6.15. The molecule has 0 radical (unpaired) electrons. The van der Waals surface area contributed by atoms with E-state index in [1.165, 1.54) is 17.3 Å². The summed E-state index contributed by atoms with van der Waals surface area (Å²) in [4.78, 5) is 14.8. The van der Waals surface area contributed by atoms with E-state index in [-0.39, 0.29) is 11.9 Å². The van der Waals surface area contributed by atoms with Gasteiger partial charge in [0.05, 0.1) is 11.4 Å². The molecule has 0 saturated heterocycles. The van der Waals surface area contributed by atoms with E-state index in [0.717, 1.165) is 28.9 Å². The van der Waals surface area contributed by atoms with E-state index in [0.29, 0.717) is 10.9 Å². The van der Waals surface area contributed by atoms with Crippen LogP contribution < -0.4 is 4.90 Å². The Balaban J connectivity index is 1.53. The van der Waals surface area contributed by atoms with Crippen molar-refractivity contribution in [2.24, 2.45) is 0 Å². The zero-order chi connectivity index (χ0) is 19.0. The molecule has 2 aromatic carbocycles. The first kappa shape index (κ1) is 17.7. The molecule has 0 bridgehead atoms. The fraction of sp³-hybridized carbons (Fsp3) is 0.300. The second-order valence-corrected chi connectivity index (χ2v) is 7.84. The molecule has 0 saturated carbocycles. The van der Waals surface area contributed by atoms with Crippen LogP contribution in [-0.4, -0.2) is 37.9 Å². The number of carbonyl (C=O) groups excluding carboxylic acids is 1. The predicted molar refractivity (Wildman–Crippen MR) is 106 cm³/mol. The number of benzene rings is 2. The third kappa shape index (κ3) is 3.35. The van der Waals surface area contributed by atoms with Crippen molar-refractivity contribution in [2.45, 2.75) is 38.4 Å². The number of thioether (sulfide) groups is 1. The van der Waals surface area contributed by atoms with Gasteiger partial charge >= 0.3 is 0 Å². The normalized spacial score (nSPS) is 15.8. The molecule has 3 aromatic rings. The lowest BCUT2D eigenvalue weighted by atomic mass is 10.1. The molecule has 27 heavy (non-hydrogen) atoms. The molecule has 1 atom stereocenters. The van der Waals surface area contributed by atoms with Crippen LogP contribution >= 0.6 is 11.8 Å². The molecule has 1 aliphatic heterocycles. The summed E-state index contributed by atoms with van der Waals surface area (Å²) >= 11 is 1.37. The number of tetrazole rings is 1. The number of aromatic nitrogens is 4. The Morgan fingerprint density at radius 3 is 2.85 bits per heavy atom. The number of nitrogens with zero attached hydrogens (tertiary/aromatic N) is 5.